The molecule has 10 nitrogen and oxygen atoms in total. The van der Waals surface area contributed by atoms with Crippen molar-refractivity contribution in [3.8, 4) is 0 Å². The minimum Gasteiger partial charge on any atom is -0.748 e. The van der Waals surface area contributed by atoms with Crippen molar-refractivity contribution >= 4 is 43.3 Å². The topological polar surface area (TPSA) is 158 Å². The van der Waals surface area contributed by atoms with E-state index >= 15 is 0 Å². The van der Waals surface area contributed by atoms with Crippen LogP contribution in [0.3, 0.4) is 0 Å². The van der Waals surface area contributed by atoms with Gasteiger partial charge in [0, 0.05) is 59.6 Å². The molecule has 0 bridgehead atoms. The van der Waals surface area contributed by atoms with E-state index in [9.17, 15) is 30.7 Å². The SMILES string of the molecule is CC1=C(C=CC2=[N+](CCCCS(=O)(=O)[O-])c3ccc(S(=O)(=O)[O-])cc3C2(C)C)CCCC1=CC=C1N(CCCCCC(=O)O)c2ccc(C)cc2C1(C)C.[Na+].[Na+]. The normalized spacial score (nSPS) is 19.0. The fraction of sp³-hybridized carbons (Fsp3) is 0.476. The predicted octanol–water partition coefficient (Wildman–Crippen LogP) is 1.92. The van der Waals surface area contributed by atoms with Crippen molar-refractivity contribution in [2.75, 3.05) is 23.7 Å². The van der Waals surface area contributed by atoms with Gasteiger partial charge in [-0.15, -0.1) is 0 Å². The van der Waals surface area contributed by atoms with Crippen molar-refractivity contribution < 1.29 is 99.5 Å². The minimum absolute atomic E-state index is 0. The number of rotatable bonds is 15. The molecule has 2 aromatic carbocycles. The minimum atomic E-state index is -4.68. The molecule has 292 valence electrons. The molecular weight excluding hydrogens is 771 g/mol. The molecule has 1 N–H and O–H groups in total. The van der Waals surface area contributed by atoms with Crippen molar-refractivity contribution in [2.45, 2.75) is 115 Å². The first-order valence-corrected chi connectivity index (χ1v) is 21.8. The number of anilines is 1. The third-order valence-corrected chi connectivity index (χ3v) is 12.9. The number of benzene rings is 2. The maximum Gasteiger partial charge on any atom is 1.00 e. The first-order chi connectivity index (χ1) is 25.2. The zero-order valence-electron chi connectivity index (χ0n) is 34.3. The number of unbranched alkanes of at least 4 members (excludes halogenated alkanes) is 3. The van der Waals surface area contributed by atoms with E-state index in [1.165, 1.54) is 51.4 Å². The fourth-order valence-electron chi connectivity index (χ4n) is 8.18. The van der Waals surface area contributed by atoms with Crippen LogP contribution in [-0.4, -0.2) is 66.1 Å². The Morgan fingerprint density at radius 2 is 1.57 bits per heavy atom. The second-order valence-electron chi connectivity index (χ2n) is 15.8. The Kier molecular flexibility index (Phi) is 16.9. The maximum absolute atomic E-state index is 12.0. The fourth-order valence-corrected chi connectivity index (χ4v) is 9.23. The number of allylic oxidation sites excluding steroid dienone is 8. The molecule has 2 aromatic rings. The summed E-state index contributed by atoms with van der Waals surface area (Å²) in [4.78, 5) is 13.2. The summed E-state index contributed by atoms with van der Waals surface area (Å²) >= 11 is 0. The number of hydrogen-bond acceptors (Lipinski definition) is 8. The molecule has 3 aliphatic rings. The van der Waals surface area contributed by atoms with Crippen molar-refractivity contribution in [1.29, 1.82) is 0 Å². The van der Waals surface area contributed by atoms with Crippen LogP contribution in [0.4, 0.5) is 11.4 Å². The zero-order chi connectivity index (χ0) is 39.6. The van der Waals surface area contributed by atoms with Gasteiger partial charge in [0.1, 0.15) is 16.7 Å². The van der Waals surface area contributed by atoms with Crippen molar-refractivity contribution in [3.63, 3.8) is 0 Å². The van der Waals surface area contributed by atoms with E-state index in [1.807, 2.05) is 18.4 Å². The molecule has 0 atom stereocenters. The number of nitrogens with zero attached hydrogens (tertiary/aromatic N) is 2. The Labute approximate surface area is 378 Å². The van der Waals surface area contributed by atoms with Crippen molar-refractivity contribution in [1.82, 2.24) is 0 Å². The van der Waals surface area contributed by atoms with E-state index in [0.29, 0.717) is 24.9 Å². The molecule has 2 aliphatic heterocycles. The summed E-state index contributed by atoms with van der Waals surface area (Å²) in [6.07, 6.45) is 14.7. The maximum atomic E-state index is 12.0. The summed E-state index contributed by atoms with van der Waals surface area (Å²) in [6.45, 7) is 14.0. The number of carbonyl (C=O) groups is 1. The van der Waals surface area contributed by atoms with Gasteiger partial charge in [0.05, 0.1) is 20.4 Å². The average Bonchev–Trinajstić information content (AvgIpc) is 3.41. The van der Waals surface area contributed by atoms with Crippen LogP contribution in [0.5, 0.6) is 0 Å². The number of hydrogen-bond donors (Lipinski definition) is 1. The largest absolute Gasteiger partial charge is 1.00 e. The third-order valence-electron chi connectivity index (χ3n) is 11.2. The van der Waals surface area contributed by atoms with Gasteiger partial charge in [-0.1, -0.05) is 50.1 Å². The molecule has 2 heterocycles. The second kappa shape index (κ2) is 19.5. The average molecular weight is 824 g/mol. The van der Waals surface area contributed by atoms with Gasteiger partial charge in [-0.3, -0.25) is 4.79 Å². The summed E-state index contributed by atoms with van der Waals surface area (Å²) in [6, 6.07) is 11.0. The summed E-state index contributed by atoms with van der Waals surface area (Å²) < 4.78 is 71.7. The molecule has 14 heteroatoms. The number of fused-ring (bicyclic) bond motifs is 2. The molecule has 0 amide bonds. The van der Waals surface area contributed by atoms with Crippen molar-refractivity contribution in [3.05, 3.63) is 99.8 Å². The molecule has 0 unspecified atom stereocenters. The van der Waals surface area contributed by atoms with E-state index in [2.05, 4.69) is 75.1 Å². The summed E-state index contributed by atoms with van der Waals surface area (Å²) in [5.74, 6) is -1.22. The van der Waals surface area contributed by atoms with Crippen LogP contribution in [0, 0.1) is 6.92 Å². The van der Waals surface area contributed by atoms with Crippen LogP contribution < -0.4 is 64.0 Å². The van der Waals surface area contributed by atoms with E-state index in [0.717, 1.165) is 50.0 Å². The van der Waals surface area contributed by atoms with Crippen LogP contribution in [-0.2, 0) is 35.9 Å². The molecule has 0 fully saturated rings. The Morgan fingerprint density at radius 3 is 2.23 bits per heavy atom. The molecular formula is C42H53N2Na2O8S2+. The molecule has 0 radical (unpaired) electrons. The van der Waals surface area contributed by atoms with Gasteiger partial charge in [-0.2, -0.15) is 4.58 Å². The van der Waals surface area contributed by atoms with Gasteiger partial charge < -0.3 is 19.1 Å². The zero-order valence-corrected chi connectivity index (χ0v) is 39.9. The number of aryl methyl sites for hydroxylation is 1. The van der Waals surface area contributed by atoms with Crippen molar-refractivity contribution in [2.24, 2.45) is 0 Å². The Bertz CT molecular complexity index is 2200. The first kappa shape index (κ1) is 48.5. The summed E-state index contributed by atoms with van der Waals surface area (Å²) in [7, 11) is -9.02. The van der Waals surface area contributed by atoms with Crippen LogP contribution in [0.25, 0.3) is 0 Å². The quantitative estimate of drug-likeness (QED) is 0.123. The van der Waals surface area contributed by atoms with E-state index in [4.69, 9.17) is 5.11 Å². The summed E-state index contributed by atoms with van der Waals surface area (Å²) in [5, 5.41) is 9.09. The second-order valence-corrected chi connectivity index (χ2v) is 18.7. The number of carboxylic acids is 1. The van der Waals surface area contributed by atoms with Crippen LogP contribution in [0.15, 0.2) is 88.0 Å². The monoisotopic (exact) mass is 823 g/mol. The molecule has 0 saturated heterocycles. The molecule has 0 aromatic heterocycles. The molecule has 0 spiro atoms. The Hall–Kier alpha value is -1.84. The van der Waals surface area contributed by atoms with Crippen LogP contribution >= 0.6 is 0 Å². The molecule has 1 aliphatic carbocycles. The van der Waals surface area contributed by atoms with Crippen LogP contribution in [0.1, 0.15) is 109 Å². The van der Waals surface area contributed by atoms with Gasteiger partial charge >= 0.3 is 65.1 Å². The van der Waals surface area contributed by atoms with Gasteiger partial charge in [-0.25, -0.2) is 16.8 Å². The smallest absolute Gasteiger partial charge is 0.748 e. The predicted molar refractivity (Wildman–Crippen MR) is 211 cm³/mol. The van der Waals surface area contributed by atoms with E-state index in [1.54, 1.807) is 6.07 Å². The molecule has 0 saturated carbocycles. The van der Waals surface area contributed by atoms with Crippen LogP contribution in [0.2, 0.25) is 0 Å². The third kappa shape index (κ3) is 11.2. The molecule has 5 rings (SSSR count). The van der Waals surface area contributed by atoms with Gasteiger partial charge in [-0.05, 0) is 113 Å². The standard InChI is InChI=1S/C42H54N2O8S2.2Na/c1-29-16-20-36-34(27-29)41(3,4)38(43(36)24-9-7-8-15-40(45)46)22-17-31-13-12-14-32(30(31)2)18-23-39-42(5,6)35-28-33(54(50,51)52)19-21-37(35)44(39)25-10-11-26-53(47,48)49;;/h16-23,27-28H,7-15,24-26H2,1-6H3,(H2-,45,46,47,48,49,50,51,52);;/q;2*+1/p-1. The Balaban J connectivity index is 0.00000420. The number of aliphatic carboxylic acids is 1. The first-order valence-electron chi connectivity index (χ1n) is 18.8. The summed E-state index contributed by atoms with van der Waals surface area (Å²) in [5.41, 5.74) is 9.98. The molecule has 56 heavy (non-hydrogen) atoms. The van der Waals surface area contributed by atoms with Gasteiger partial charge in [0.15, 0.2) is 5.71 Å². The number of carboxylic acid groups (broad SMARTS) is 1. The van der Waals surface area contributed by atoms with E-state index in [-0.39, 0.29) is 82.3 Å². The van der Waals surface area contributed by atoms with Gasteiger partial charge in [0.2, 0.25) is 5.69 Å². The Morgan fingerprint density at radius 1 is 0.857 bits per heavy atom. The van der Waals surface area contributed by atoms with Gasteiger partial charge in [0.25, 0.3) is 0 Å². The van der Waals surface area contributed by atoms with E-state index < -0.39 is 37.4 Å².